The van der Waals surface area contributed by atoms with E-state index in [1.54, 1.807) is 22.9 Å². The van der Waals surface area contributed by atoms with E-state index >= 15 is 4.39 Å². The number of carbonyl (C=O) groups excluding carboxylic acids is 6. The van der Waals surface area contributed by atoms with Crippen LogP contribution in [0.5, 0.6) is 5.75 Å². The molecule has 7 rings (SSSR count). The van der Waals surface area contributed by atoms with Crippen molar-refractivity contribution in [2.45, 2.75) is 148 Å². The number of aliphatic hydroxyl groups is 1. The van der Waals surface area contributed by atoms with Crippen LogP contribution in [-0.2, 0) is 48.0 Å². The van der Waals surface area contributed by atoms with Gasteiger partial charge in [0.2, 0.25) is 35.4 Å². The van der Waals surface area contributed by atoms with E-state index < -0.39 is 71.2 Å². The van der Waals surface area contributed by atoms with Crippen LogP contribution in [0, 0.1) is 18.2 Å². The van der Waals surface area contributed by atoms with Crippen LogP contribution in [-0.4, -0.2) is 99.9 Å². The van der Waals surface area contributed by atoms with Gasteiger partial charge in [-0.05, 0) is 104 Å². The molecule has 3 aliphatic rings. The standard InChI is InChI=1S/C53H67FN8O8S/c1-30(32-14-16-34(17-15-32)47-31(2)57-29-71-47)58-49(66)42-26-38(63)27-61(42)52(69)48(53(3,4)5)60-45(65)13-8-6-7-10-35-24-39(20-21-40(35)54)70-28-37(19-23-44(56)64)59-50(67)43-25-36-12-9-11-33-18-22-41(55)51(68)62(43)46(33)36/h9,11-12,14-17,20-21,24,29-30,37-38,41-43,48,63H,6-8,10,13,18-19,22-23,25-28,55H2,1-5H3,(H2,56,64)(H,58,66)(H,59,67)(H,60,65)/t30-,37-,38+,41-,42-,43-,48+/m0/s1. The van der Waals surface area contributed by atoms with Crippen LogP contribution in [0.3, 0.4) is 0 Å². The Kier molecular flexibility index (Phi) is 16.9. The number of amides is 6. The number of ether oxygens (including phenoxy) is 1. The molecule has 6 amide bonds. The molecule has 0 bridgehead atoms. The van der Waals surface area contributed by atoms with Crippen LogP contribution in [0.1, 0.15) is 113 Å². The van der Waals surface area contributed by atoms with Crippen molar-refractivity contribution < 1.29 is 43.0 Å². The smallest absolute Gasteiger partial charge is 0.246 e. The molecule has 1 aromatic heterocycles. The SMILES string of the molecule is Cc1ncsc1-c1ccc([C@H](C)NC(=O)[C@@H]2C[C@@H](O)CN2C(=O)[C@@H](NC(=O)CCCCCc2cc(OC[C@H](CCC(N)=O)NC(=O)[C@@H]3Cc4cccc5c4N3C(=O)[C@@H](N)CC5)ccc2F)C(C)(C)C)cc1. The maximum atomic E-state index is 15.1. The monoisotopic (exact) mass is 994 g/mol. The van der Waals surface area contributed by atoms with Crippen molar-refractivity contribution >= 4 is 52.5 Å². The van der Waals surface area contributed by atoms with E-state index in [4.69, 9.17) is 16.2 Å². The molecule has 4 aromatic rings. The zero-order chi connectivity index (χ0) is 51.1. The van der Waals surface area contributed by atoms with Gasteiger partial charge in [0.25, 0.3) is 0 Å². The van der Waals surface area contributed by atoms with E-state index in [0.29, 0.717) is 56.3 Å². The lowest BCUT2D eigenvalue weighted by Crippen LogP contribution is -2.57. The summed E-state index contributed by atoms with van der Waals surface area (Å²) < 4.78 is 21.2. The molecule has 4 heterocycles. The van der Waals surface area contributed by atoms with Crippen molar-refractivity contribution in [3.05, 3.63) is 99.9 Å². The molecule has 71 heavy (non-hydrogen) atoms. The van der Waals surface area contributed by atoms with Crippen molar-refractivity contribution in [2.75, 3.05) is 18.1 Å². The summed E-state index contributed by atoms with van der Waals surface area (Å²) >= 11 is 1.56. The van der Waals surface area contributed by atoms with Crippen LogP contribution < -0.4 is 37.1 Å². The van der Waals surface area contributed by atoms with Gasteiger partial charge in [0.05, 0.1) is 46.0 Å². The Morgan fingerprint density at radius 3 is 2.39 bits per heavy atom. The molecule has 1 fully saturated rings. The topological polar surface area (TPSA) is 239 Å². The number of primary amides is 1. The molecular weight excluding hydrogens is 928 g/mol. The highest BCUT2D eigenvalue weighted by Gasteiger charge is 2.45. The quantitative estimate of drug-likeness (QED) is 0.0642. The number of aryl methyl sites for hydroxylation is 3. The Balaban J connectivity index is 0.886. The van der Waals surface area contributed by atoms with Gasteiger partial charge >= 0.3 is 0 Å². The number of thiazole rings is 1. The largest absolute Gasteiger partial charge is 0.491 e. The second kappa shape index (κ2) is 22.9. The minimum Gasteiger partial charge on any atom is -0.491 e. The number of aliphatic hydroxyl groups excluding tert-OH is 1. The summed E-state index contributed by atoms with van der Waals surface area (Å²) in [5.74, 6) is -2.52. The number of nitrogens with zero attached hydrogens (tertiary/aromatic N) is 3. The number of anilines is 1. The highest BCUT2D eigenvalue weighted by atomic mass is 32.1. The highest BCUT2D eigenvalue weighted by molar-refractivity contribution is 7.13. The fourth-order valence-electron chi connectivity index (χ4n) is 9.73. The molecule has 0 radical (unpaired) electrons. The van der Waals surface area contributed by atoms with Crippen LogP contribution in [0.4, 0.5) is 10.1 Å². The van der Waals surface area contributed by atoms with Gasteiger partial charge in [-0.25, -0.2) is 9.37 Å². The fraction of sp³-hybridized carbons (Fsp3) is 0.491. The molecule has 380 valence electrons. The van der Waals surface area contributed by atoms with Gasteiger partial charge in [0, 0.05) is 32.2 Å². The van der Waals surface area contributed by atoms with Crippen molar-refractivity contribution in [1.82, 2.24) is 25.8 Å². The molecule has 0 aliphatic carbocycles. The second-order valence-corrected chi connectivity index (χ2v) is 21.1. The van der Waals surface area contributed by atoms with E-state index in [1.807, 2.05) is 77.1 Å². The number of likely N-dealkylation sites (tertiary alicyclic amines) is 1. The van der Waals surface area contributed by atoms with E-state index in [9.17, 15) is 33.9 Å². The number of β-amino-alcohol motifs (C(OH)–C–C–N with tert-alkyl or cyclic N) is 1. The minimum absolute atomic E-state index is 0.0237. The Labute approximate surface area is 418 Å². The lowest BCUT2D eigenvalue weighted by Gasteiger charge is -2.35. The van der Waals surface area contributed by atoms with Crippen molar-refractivity contribution in [1.29, 1.82) is 0 Å². The zero-order valence-electron chi connectivity index (χ0n) is 41.2. The number of para-hydroxylation sites is 1. The van der Waals surface area contributed by atoms with Gasteiger partial charge in [-0.3, -0.25) is 33.7 Å². The number of halogens is 1. The number of hydrogen-bond donors (Lipinski definition) is 6. The van der Waals surface area contributed by atoms with Crippen molar-refractivity contribution in [3.63, 3.8) is 0 Å². The lowest BCUT2D eigenvalue weighted by atomic mass is 9.85. The Bertz CT molecular complexity index is 2600. The number of nitrogens with one attached hydrogen (secondary N) is 3. The van der Waals surface area contributed by atoms with Crippen LogP contribution in [0.2, 0.25) is 0 Å². The first kappa shape index (κ1) is 52.6. The van der Waals surface area contributed by atoms with E-state index in [2.05, 4.69) is 20.9 Å². The van der Waals surface area contributed by atoms with Gasteiger partial charge in [0.15, 0.2) is 0 Å². The van der Waals surface area contributed by atoms with E-state index in [0.717, 1.165) is 38.5 Å². The van der Waals surface area contributed by atoms with Crippen LogP contribution in [0.25, 0.3) is 10.4 Å². The first-order chi connectivity index (χ1) is 33.8. The molecule has 7 atom stereocenters. The zero-order valence-corrected chi connectivity index (χ0v) is 42.0. The fourth-order valence-corrected chi connectivity index (χ4v) is 10.5. The van der Waals surface area contributed by atoms with Crippen LogP contribution in [0.15, 0.2) is 66.2 Å². The van der Waals surface area contributed by atoms with Gasteiger partial charge in [-0.15, -0.1) is 11.3 Å². The minimum atomic E-state index is -0.971. The highest BCUT2D eigenvalue weighted by Crippen LogP contribution is 2.39. The molecule has 0 spiro atoms. The Morgan fingerprint density at radius 2 is 1.69 bits per heavy atom. The normalized spacial score (nSPS) is 19.9. The number of rotatable bonds is 20. The van der Waals surface area contributed by atoms with Gasteiger partial charge in [-0.1, -0.05) is 69.7 Å². The number of nitrogens with two attached hydrogens (primary N) is 2. The van der Waals surface area contributed by atoms with Crippen molar-refractivity contribution in [3.8, 4) is 16.2 Å². The lowest BCUT2D eigenvalue weighted by molar-refractivity contribution is -0.144. The van der Waals surface area contributed by atoms with E-state index in [-0.39, 0.29) is 56.7 Å². The maximum Gasteiger partial charge on any atom is 0.246 e. The first-order valence-corrected chi connectivity index (χ1v) is 25.4. The molecule has 1 saturated heterocycles. The summed E-state index contributed by atoms with van der Waals surface area (Å²) in [6.45, 7) is 9.23. The molecular formula is C53H67FN8O8S. The average molecular weight is 995 g/mol. The average Bonchev–Trinajstić information content (AvgIpc) is 4.05. The second-order valence-electron chi connectivity index (χ2n) is 20.2. The van der Waals surface area contributed by atoms with Gasteiger partial charge in [-0.2, -0.15) is 0 Å². The first-order valence-electron chi connectivity index (χ1n) is 24.6. The van der Waals surface area contributed by atoms with Crippen molar-refractivity contribution in [2.24, 2.45) is 16.9 Å². The van der Waals surface area contributed by atoms with E-state index in [1.165, 1.54) is 21.9 Å². The third-order valence-electron chi connectivity index (χ3n) is 13.7. The molecule has 16 nitrogen and oxygen atoms in total. The number of unbranched alkanes of at least 4 members (excludes halogenated alkanes) is 2. The Morgan fingerprint density at radius 1 is 0.958 bits per heavy atom. The summed E-state index contributed by atoms with van der Waals surface area (Å²) in [5.41, 5.74) is 18.6. The summed E-state index contributed by atoms with van der Waals surface area (Å²) in [6, 6.07) is 13.5. The number of hydrogen-bond acceptors (Lipinski definition) is 11. The third kappa shape index (κ3) is 12.8. The Hall–Kier alpha value is -6.24. The number of aromatic nitrogens is 1. The summed E-state index contributed by atoms with van der Waals surface area (Å²) in [6.07, 6.45) is 2.79. The number of benzene rings is 3. The number of carbonyl (C=O) groups is 6. The van der Waals surface area contributed by atoms with Crippen LogP contribution >= 0.6 is 11.3 Å². The third-order valence-corrected chi connectivity index (χ3v) is 14.7. The molecule has 18 heteroatoms. The summed E-state index contributed by atoms with van der Waals surface area (Å²) in [7, 11) is 0. The molecule has 0 saturated carbocycles. The predicted octanol–water partition coefficient (Wildman–Crippen LogP) is 5.09. The maximum absolute atomic E-state index is 15.1. The molecule has 8 N–H and O–H groups in total. The summed E-state index contributed by atoms with van der Waals surface area (Å²) in [5, 5.41) is 19.6. The van der Waals surface area contributed by atoms with Gasteiger partial charge < -0.3 is 42.2 Å². The van der Waals surface area contributed by atoms with Gasteiger partial charge in [0.1, 0.15) is 36.3 Å². The predicted molar refractivity (Wildman–Crippen MR) is 268 cm³/mol. The summed E-state index contributed by atoms with van der Waals surface area (Å²) in [4.78, 5) is 88.6. The molecule has 0 unspecified atom stereocenters. The molecule has 3 aliphatic heterocycles. The molecule has 3 aromatic carbocycles.